The van der Waals surface area contributed by atoms with Crippen LogP contribution in [0.4, 0.5) is 0 Å². The van der Waals surface area contributed by atoms with E-state index in [9.17, 15) is 0 Å². The van der Waals surface area contributed by atoms with E-state index in [1.807, 2.05) is 20.8 Å². The molecule has 0 rings (SSSR count). The van der Waals surface area contributed by atoms with Crippen molar-refractivity contribution in [3.63, 3.8) is 0 Å². The lowest BCUT2D eigenvalue weighted by Crippen LogP contribution is -2.25. The van der Waals surface area contributed by atoms with E-state index in [-0.39, 0.29) is 11.0 Å². The Labute approximate surface area is 81.1 Å². The SMILES string of the molecule is CC(C)(C)N=CC(=NN)C(C)(C)C. The molecular formula is C10H21N3. The number of nitrogens with zero attached hydrogens (tertiary/aromatic N) is 2. The average Bonchev–Trinajstić information content (AvgIpc) is 1.82. The summed E-state index contributed by atoms with van der Waals surface area (Å²) in [5.74, 6) is 5.28. The molecule has 0 fully saturated rings. The van der Waals surface area contributed by atoms with Gasteiger partial charge in [-0.1, -0.05) is 20.8 Å². The Morgan fingerprint density at radius 2 is 1.54 bits per heavy atom. The molecule has 0 spiro atoms. The van der Waals surface area contributed by atoms with Gasteiger partial charge in [0.05, 0.1) is 11.3 Å². The number of hydrazone groups is 1. The Kier molecular flexibility index (Phi) is 3.64. The van der Waals surface area contributed by atoms with Crippen molar-refractivity contribution in [2.24, 2.45) is 21.4 Å². The van der Waals surface area contributed by atoms with Crippen LogP contribution in [0.15, 0.2) is 10.1 Å². The van der Waals surface area contributed by atoms with Crippen molar-refractivity contribution in [3.8, 4) is 0 Å². The standard InChI is InChI=1S/C10H21N3/c1-9(2,3)8(13-11)7-12-10(4,5)6/h7H,11H2,1-6H3. The summed E-state index contributed by atoms with van der Waals surface area (Å²) in [5.41, 5.74) is 0.715. The molecule has 2 N–H and O–H groups in total. The summed E-state index contributed by atoms with van der Waals surface area (Å²) in [7, 11) is 0. The van der Waals surface area contributed by atoms with Crippen LogP contribution in [0.25, 0.3) is 0 Å². The minimum Gasteiger partial charge on any atom is -0.323 e. The Bertz CT molecular complexity index is 213. The van der Waals surface area contributed by atoms with E-state index < -0.39 is 0 Å². The first-order valence-corrected chi connectivity index (χ1v) is 4.50. The molecule has 0 aromatic heterocycles. The second-order valence-corrected chi connectivity index (χ2v) is 5.19. The quantitative estimate of drug-likeness (QED) is 0.378. The molecule has 0 atom stereocenters. The summed E-state index contributed by atoms with van der Waals surface area (Å²) in [6.07, 6.45) is 1.76. The van der Waals surface area contributed by atoms with Crippen LogP contribution in [0, 0.1) is 5.41 Å². The van der Waals surface area contributed by atoms with Crippen LogP contribution < -0.4 is 5.84 Å². The Hall–Kier alpha value is -0.860. The zero-order chi connectivity index (χ0) is 10.7. The molecule has 0 aromatic carbocycles. The van der Waals surface area contributed by atoms with Gasteiger partial charge in [-0.15, -0.1) is 0 Å². The number of hydrogen-bond donors (Lipinski definition) is 1. The molecule has 0 aliphatic heterocycles. The summed E-state index contributed by atoms with van der Waals surface area (Å²) >= 11 is 0. The molecule has 0 amide bonds. The summed E-state index contributed by atoms with van der Waals surface area (Å²) in [6.45, 7) is 12.3. The summed E-state index contributed by atoms with van der Waals surface area (Å²) < 4.78 is 0. The highest BCUT2D eigenvalue weighted by Crippen LogP contribution is 2.15. The Morgan fingerprint density at radius 1 is 1.08 bits per heavy atom. The van der Waals surface area contributed by atoms with Crippen molar-refractivity contribution in [2.75, 3.05) is 0 Å². The van der Waals surface area contributed by atoms with Gasteiger partial charge in [0.15, 0.2) is 0 Å². The third kappa shape index (κ3) is 5.39. The van der Waals surface area contributed by atoms with Gasteiger partial charge in [-0.2, -0.15) is 5.10 Å². The maximum atomic E-state index is 5.28. The predicted molar refractivity (Wildman–Crippen MR) is 59.3 cm³/mol. The minimum absolute atomic E-state index is 0.0382. The van der Waals surface area contributed by atoms with Gasteiger partial charge in [-0.25, -0.2) is 0 Å². The van der Waals surface area contributed by atoms with Gasteiger partial charge in [0.2, 0.25) is 0 Å². The summed E-state index contributed by atoms with van der Waals surface area (Å²) in [6, 6.07) is 0. The van der Waals surface area contributed by atoms with Crippen molar-refractivity contribution in [2.45, 2.75) is 47.1 Å². The van der Waals surface area contributed by atoms with E-state index in [1.165, 1.54) is 0 Å². The van der Waals surface area contributed by atoms with Gasteiger partial charge in [-0.3, -0.25) is 4.99 Å². The summed E-state index contributed by atoms with van der Waals surface area (Å²) in [5, 5.41) is 3.73. The minimum atomic E-state index is -0.0683. The highest BCUT2D eigenvalue weighted by molar-refractivity contribution is 6.32. The molecule has 0 heterocycles. The monoisotopic (exact) mass is 183 g/mol. The van der Waals surface area contributed by atoms with Gasteiger partial charge in [0, 0.05) is 11.6 Å². The predicted octanol–water partition coefficient (Wildman–Crippen LogP) is 2.22. The van der Waals surface area contributed by atoms with Crippen LogP contribution in [0.1, 0.15) is 41.5 Å². The van der Waals surface area contributed by atoms with Gasteiger partial charge in [0.25, 0.3) is 0 Å². The van der Waals surface area contributed by atoms with Crippen molar-refractivity contribution in [3.05, 3.63) is 0 Å². The van der Waals surface area contributed by atoms with Crippen molar-refractivity contribution < 1.29 is 0 Å². The molecule has 13 heavy (non-hydrogen) atoms. The maximum absolute atomic E-state index is 5.28. The zero-order valence-corrected chi connectivity index (χ0v) is 9.55. The number of nitrogens with two attached hydrogens (primary N) is 1. The van der Waals surface area contributed by atoms with E-state index in [0.717, 1.165) is 5.71 Å². The molecule has 0 bridgehead atoms. The molecule has 3 heteroatoms. The van der Waals surface area contributed by atoms with Crippen molar-refractivity contribution in [1.29, 1.82) is 0 Å². The van der Waals surface area contributed by atoms with Gasteiger partial charge >= 0.3 is 0 Å². The first-order chi connectivity index (χ1) is 5.67. The lowest BCUT2D eigenvalue weighted by Gasteiger charge is -2.18. The van der Waals surface area contributed by atoms with Crippen molar-refractivity contribution in [1.82, 2.24) is 0 Å². The normalized spacial score (nSPS) is 15.4. The molecule has 0 aliphatic rings. The fraction of sp³-hybridized carbons (Fsp3) is 0.800. The highest BCUT2D eigenvalue weighted by atomic mass is 15.1. The van der Waals surface area contributed by atoms with Crippen LogP contribution >= 0.6 is 0 Å². The van der Waals surface area contributed by atoms with Crippen LogP contribution in [0.5, 0.6) is 0 Å². The Morgan fingerprint density at radius 3 is 1.77 bits per heavy atom. The fourth-order valence-corrected chi connectivity index (χ4v) is 0.675. The molecule has 0 saturated carbocycles. The van der Waals surface area contributed by atoms with Crippen LogP contribution in [-0.4, -0.2) is 17.5 Å². The third-order valence-corrected chi connectivity index (χ3v) is 1.48. The zero-order valence-electron chi connectivity index (χ0n) is 9.55. The largest absolute Gasteiger partial charge is 0.323 e. The molecule has 0 unspecified atom stereocenters. The van der Waals surface area contributed by atoms with Gasteiger partial charge < -0.3 is 5.84 Å². The molecule has 76 valence electrons. The molecular weight excluding hydrogens is 162 g/mol. The maximum Gasteiger partial charge on any atom is 0.0831 e. The number of aliphatic imine (C=N–C) groups is 1. The summed E-state index contributed by atoms with van der Waals surface area (Å²) in [4.78, 5) is 4.36. The van der Waals surface area contributed by atoms with E-state index in [0.29, 0.717) is 0 Å². The topological polar surface area (TPSA) is 50.7 Å². The van der Waals surface area contributed by atoms with Gasteiger partial charge in [0.1, 0.15) is 0 Å². The fourth-order valence-electron chi connectivity index (χ4n) is 0.675. The number of hydrogen-bond acceptors (Lipinski definition) is 3. The first kappa shape index (κ1) is 12.1. The molecule has 0 aliphatic carbocycles. The van der Waals surface area contributed by atoms with Gasteiger partial charge in [-0.05, 0) is 20.8 Å². The smallest absolute Gasteiger partial charge is 0.0831 e. The van der Waals surface area contributed by atoms with E-state index in [4.69, 9.17) is 5.84 Å². The highest BCUT2D eigenvalue weighted by Gasteiger charge is 2.17. The third-order valence-electron chi connectivity index (χ3n) is 1.48. The molecule has 3 nitrogen and oxygen atoms in total. The lowest BCUT2D eigenvalue weighted by molar-refractivity contribution is 0.579. The van der Waals surface area contributed by atoms with Crippen LogP contribution in [0.3, 0.4) is 0 Å². The van der Waals surface area contributed by atoms with E-state index in [1.54, 1.807) is 6.21 Å². The van der Waals surface area contributed by atoms with Crippen LogP contribution in [-0.2, 0) is 0 Å². The molecule has 0 aromatic rings. The average molecular weight is 183 g/mol. The van der Waals surface area contributed by atoms with E-state index in [2.05, 4.69) is 30.9 Å². The number of rotatable bonds is 1. The van der Waals surface area contributed by atoms with Crippen molar-refractivity contribution >= 4 is 11.9 Å². The lowest BCUT2D eigenvalue weighted by atomic mass is 9.90. The second-order valence-electron chi connectivity index (χ2n) is 5.19. The Balaban J connectivity index is 4.61. The van der Waals surface area contributed by atoms with Crippen LogP contribution in [0.2, 0.25) is 0 Å². The van der Waals surface area contributed by atoms with E-state index >= 15 is 0 Å². The second kappa shape index (κ2) is 3.90. The first-order valence-electron chi connectivity index (χ1n) is 4.50. The molecule has 0 saturated heterocycles. The molecule has 0 radical (unpaired) electrons.